The largest absolute Gasteiger partial charge is 0.493 e. The molecule has 0 saturated carbocycles. The van der Waals surface area contributed by atoms with E-state index in [0.29, 0.717) is 42.3 Å². The van der Waals surface area contributed by atoms with Crippen LogP contribution in [0.15, 0.2) is 56.6 Å². The van der Waals surface area contributed by atoms with Crippen molar-refractivity contribution in [2.24, 2.45) is 8.94 Å². The second-order valence-electron chi connectivity index (χ2n) is 8.40. The van der Waals surface area contributed by atoms with Crippen molar-refractivity contribution in [3.05, 3.63) is 47.6 Å². The van der Waals surface area contributed by atoms with Gasteiger partial charge in [-0.3, -0.25) is 0 Å². The number of nitroso groups, excluding NO2 is 1. The first-order valence-corrected chi connectivity index (χ1v) is 14.7. The molecule has 1 N–H and O–H groups in total. The minimum absolute atomic E-state index is 0.0792. The van der Waals surface area contributed by atoms with Gasteiger partial charge in [0.2, 0.25) is 0 Å². The summed E-state index contributed by atoms with van der Waals surface area (Å²) in [6.45, 7) is 4.33. The van der Waals surface area contributed by atoms with Gasteiger partial charge in [-0.05, 0) is 62.2 Å². The van der Waals surface area contributed by atoms with Crippen molar-refractivity contribution in [1.29, 1.82) is 0 Å². The van der Waals surface area contributed by atoms with Crippen molar-refractivity contribution in [1.82, 2.24) is 9.97 Å². The number of nitrogens with zero attached hydrogens (tertiary/aromatic N) is 4. The molecular weight excluding hydrogens is 506 g/mol. The van der Waals surface area contributed by atoms with Crippen LogP contribution in [0.4, 0.5) is 11.5 Å². The van der Waals surface area contributed by atoms with Gasteiger partial charge in [0.25, 0.3) is 10.0 Å². The molecule has 11 nitrogen and oxygen atoms in total. The summed E-state index contributed by atoms with van der Waals surface area (Å²) in [7, 11) is -5.59. The van der Waals surface area contributed by atoms with Gasteiger partial charge in [-0.25, -0.2) is 14.2 Å². The van der Waals surface area contributed by atoms with Crippen molar-refractivity contribution in [3.63, 3.8) is 0 Å². The van der Waals surface area contributed by atoms with Crippen LogP contribution in [0, 0.1) is 4.91 Å². The number of benzene rings is 2. The summed E-state index contributed by atoms with van der Waals surface area (Å²) in [5.74, 6) is 1.82. The lowest BCUT2D eigenvalue weighted by atomic mass is 10.2. The zero-order valence-corrected chi connectivity index (χ0v) is 22.1. The second kappa shape index (κ2) is 11.6. The third-order valence-corrected chi connectivity index (χ3v) is 8.98. The Morgan fingerprint density at radius 2 is 1.75 bits per heavy atom. The Labute approximate surface area is 210 Å². The van der Waals surface area contributed by atoms with E-state index in [1.807, 2.05) is 19.9 Å². The number of methoxy groups -OCH3 is 1. The number of rotatable bonds is 12. The van der Waals surface area contributed by atoms with Crippen LogP contribution in [0.25, 0.3) is 10.9 Å². The van der Waals surface area contributed by atoms with Crippen molar-refractivity contribution in [2.45, 2.75) is 37.6 Å². The fourth-order valence-corrected chi connectivity index (χ4v) is 6.87. The highest BCUT2D eigenvalue weighted by atomic mass is 32.3. The maximum atomic E-state index is 12.8. The summed E-state index contributed by atoms with van der Waals surface area (Å²) in [6.07, 6.45) is 3.74. The molecule has 13 heteroatoms. The summed E-state index contributed by atoms with van der Waals surface area (Å²) < 4.78 is 52.7. The molecule has 0 fully saturated rings. The lowest BCUT2D eigenvalue weighted by Gasteiger charge is -2.15. The van der Waals surface area contributed by atoms with Crippen LogP contribution in [-0.4, -0.2) is 54.4 Å². The van der Waals surface area contributed by atoms with Crippen molar-refractivity contribution < 1.29 is 22.1 Å². The van der Waals surface area contributed by atoms with Gasteiger partial charge < -0.3 is 14.8 Å². The Morgan fingerprint density at radius 3 is 2.39 bits per heavy atom. The summed E-state index contributed by atoms with van der Waals surface area (Å²) in [5.41, 5.74) is 0.788. The number of nitrogens with one attached hydrogen (secondary N) is 1. The van der Waals surface area contributed by atoms with Gasteiger partial charge in [-0.1, -0.05) is 0 Å². The van der Waals surface area contributed by atoms with E-state index in [4.69, 9.17) is 9.47 Å². The molecule has 1 unspecified atom stereocenters. The number of ether oxygens (including phenoxy) is 2. The van der Waals surface area contributed by atoms with Gasteiger partial charge in [-0.15, -0.1) is 8.68 Å². The summed E-state index contributed by atoms with van der Waals surface area (Å²) in [6, 6.07) is 8.73. The maximum absolute atomic E-state index is 12.8. The minimum Gasteiger partial charge on any atom is -0.493 e. The smallest absolute Gasteiger partial charge is 0.290 e. The fraction of sp³-hybridized carbons (Fsp3) is 0.391. The molecule has 0 radical (unpaired) electrons. The van der Waals surface area contributed by atoms with E-state index < -0.39 is 19.8 Å². The fourth-order valence-electron chi connectivity index (χ4n) is 3.35. The van der Waals surface area contributed by atoms with Crippen molar-refractivity contribution in [3.8, 4) is 11.5 Å². The molecule has 3 aromatic rings. The van der Waals surface area contributed by atoms with Gasteiger partial charge >= 0.3 is 0 Å². The molecule has 0 saturated heterocycles. The van der Waals surface area contributed by atoms with E-state index in [1.165, 1.54) is 36.8 Å². The van der Waals surface area contributed by atoms with Gasteiger partial charge in [0.05, 0.1) is 33.9 Å². The second-order valence-corrected chi connectivity index (χ2v) is 12.7. The lowest BCUT2D eigenvalue weighted by Crippen LogP contribution is -2.11. The van der Waals surface area contributed by atoms with E-state index >= 15 is 0 Å². The molecule has 3 rings (SSSR count). The summed E-state index contributed by atoms with van der Waals surface area (Å²) in [4.78, 5) is 19.0. The summed E-state index contributed by atoms with van der Waals surface area (Å²) in [5, 5.41) is 6.81. The summed E-state index contributed by atoms with van der Waals surface area (Å²) >= 11 is 0. The molecule has 2 aromatic carbocycles. The standard InChI is InChI=1S/C23H29N5O6S2/c1-16(2)26-23-19-13-21(33-3)22(14-20(19)24-15-25-23)34-11-5-6-12-35(4,30)28-36(31,32)18-9-7-17(27-29)8-10-18/h7-10,13-16H,5-6,11-12H2,1-4H3,(H,24,25,26). The Kier molecular flexibility index (Phi) is 8.79. The third-order valence-electron chi connectivity index (χ3n) is 5.02. The quantitative estimate of drug-likeness (QED) is 0.261. The molecule has 1 atom stereocenters. The van der Waals surface area contributed by atoms with E-state index in [-0.39, 0.29) is 22.4 Å². The molecule has 0 amide bonds. The van der Waals surface area contributed by atoms with Crippen LogP contribution >= 0.6 is 0 Å². The van der Waals surface area contributed by atoms with E-state index in [9.17, 15) is 17.5 Å². The molecule has 0 aliphatic rings. The molecule has 194 valence electrons. The molecule has 0 bridgehead atoms. The highest BCUT2D eigenvalue weighted by Gasteiger charge is 2.17. The van der Waals surface area contributed by atoms with Crippen molar-refractivity contribution in [2.75, 3.05) is 31.0 Å². The number of hydrogen-bond acceptors (Lipinski definition) is 10. The Bertz CT molecular complexity index is 1450. The first kappa shape index (κ1) is 27.3. The molecule has 0 aliphatic heterocycles. The number of fused-ring (bicyclic) bond motifs is 1. The van der Waals surface area contributed by atoms with E-state index in [2.05, 4.69) is 24.2 Å². The lowest BCUT2D eigenvalue weighted by molar-refractivity contribution is 0.289. The van der Waals surface area contributed by atoms with Crippen LogP contribution in [0.2, 0.25) is 0 Å². The Balaban J connectivity index is 1.63. The number of aromatic nitrogens is 2. The van der Waals surface area contributed by atoms with Crippen LogP contribution in [0.5, 0.6) is 11.5 Å². The predicted molar refractivity (Wildman–Crippen MR) is 140 cm³/mol. The van der Waals surface area contributed by atoms with Crippen LogP contribution in [0.3, 0.4) is 0 Å². The third kappa shape index (κ3) is 7.10. The van der Waals surface area contributed by atoms with Crippen LogP contribution in [0.1, 0.15) is 26.7 Å². The molecule has 0 spiro atoms. The highest BCUT2D eigenvalue weighted by Crippen LogP contribution is 2.34. The monoisotopic (exact) mass is 535 g/mol. The average molecular weight is 536 g/mol. The molecular formula is C23H29N5O6S2. The van der Waals surface area contributed by atoms with Crippen LogP contribution in [-0.2, 0) is 19.8 Å². The first-order valence-electron chi connectivity index (χ1n) is 11.2. The van der Waals surface area contributed by atoms with E-state index in [0.717, 1.165) is 5.39 Å². The van der Waals surface area contributed by atoms with Gasteiger partial charge in [0.1, 0.15) is 17.8 Å². The van der Waals surface area contributed by atoms with Crippen LogP contribution < -0.4 is 14.8 Å². The predicted octanol–water partition coefficient (Wildman–Crippen LogP) is 4.50. The first-order chi connectivity index (χ1) is 17.0. The van der Waals surface area contributed by atoms with Gasteiger partial charge in [0, 0.05) is 29.5 Å². The van der Waals surface area contributed by atoms with E-state index in [1.54, 1.807) is 13.2 Å². The Morgan fingerprint density at radius 1 is 1.03 bits per heavy atom. The topological polar surface area (TPSA) is 149 Å². The highest BCUT2D eigenvalue weighted by molar-refractivity contribution is 8.02. The zero-order chi connectivity index (χ0) is 26.3. The number of hydrogen-bond donors (Lipinski definition) is 1. The minimum atomic E-state index is -4.13. The molecule has 1 heterocycles. The maximum Gasteiger partial charge on any atom is 0.290 e. The number of anilines is 1. The Hall–Kier alpha value is -3.32. The number of unbranched alkanes of at least 4 members (excludes halogenated alkanes) is 1. The molecule has 0 aliphatic carbocycles. The molecule has 1 aromatic heterocycles. The normalized spacial score (nSPS) is 13.2. The molecule has 36 heavy (non-hydrogen) atoms. The van der Waals surface area contributed by atoms with Gasteiger partial charge in [-0.2, -0.15) is 8.42 Å². The zero-order valence-electron chi connectivity index (χ0n) is 20.5. The number of sulfonamides is 1. The average Bonchev–Trinajstić information content (AvgIpc) is 2.82. The van der Waals surface area contributed by atoms with Gasteiger partial charge in [0.15, 0.2) is 11.5 Å². The van der Waals surface area contributed by atoms with Crippen molar-refractivity contribution >= 4 is 42.2 Å². The SMILES string of the molecule is COc1cc2c(NC(C)C)ncnc2cc1OCCCCS(C)(=O)=NS(=O)(=O)c1ccc(N=O)cc1.